The number of nitrogens with one attached hydrogen (secondary N) is 2. The number of aromatic nitrogens is 1. The quantitative estimate of drug-likeness (QED) is 0.373. The van der Waals surface area contributed by atoms with Crippen LogP contribution in [-0.2, 0) is 0 Å². The summed E-state index contributed by atoms with van der Waals surface area (Å²) in [5.41, 5.74) is 6.47. The third-order valence-corrected chi connectivity index (χ3v) is 3.95. The van der Waals surface area contributed by atoms with Crippen molar-refractivity contribution in [2.75, 3.05) is 34.3 Å². The Balaban J connectivity index is 2.32. The van der Waals surface area contributed by atoms with Crippen molar-refractivity contribution in [2.45, 2.75) is 26.4 Å². The zero-order chi connectivity index (χ0) is 20.1. The van der Waals surface area contributed by atoms with Gasteiger partial charge in [-0.2, -0.15) is 0 Å². The van der Waals surface area contributed by atoms with Gasteiger partial charge in [0.15, 0.2) is 5.96 Å². The van der Waals surface area contributed by atoms with Gasteiger partial charge in [-0.3, -0.25) is 15.1 Å². The smallest absolute Gasteiger partial charge is 0.276 e. The molecule has 0 aliphatic carbocycles. The second-order valence-corrected chi connectivity index (χ2v) is 6.99. The van der Waals surface area contributed by atoms with Crippen LogP contribution in [-0.4, -0.2) is 67.0 Å². The first-order chi connectivity index (χ1) is 12.7. The number of carbonyl (C=O) groups excluding carboxylic acids is 1. The summed E-state index contributed by atoms with van der Waals surface area (Å²) < 4.78 is 11.8. The van der Waals surface area contributed by atoms with E-state index in [-0.39, 0.29) is 18.0 Å². The van der Waals surface area contributed by atoms with Crippen molar-refractivity contribution in [1.82, 2.24) is 14.8 Å². The molecular weight excluding hydrogens is 346 g/mol. The number of nitrogens with two attached hydrogens (primary N) is 1. The highest BCUT2D eigenvalue weighted by Crippen LogP contribution is 2.33. The molecule has 8 nitrogen and oxygen atoms in total. The average Bonchev–Trinajstić information content (AvgIpc) is 3.01. The van der Waals surface area contributed by atoms with Crippen molar-refractivity contribution < 1.29 is 14.3 Å². The maximum atomic E-state index is 12.4. The first-order valence-electron chi connectivity index (χ1n) is 8.92. The van der Waals surface area contributed by atoms with Crippen LogP contribution in [0.3, 0.4) is 0 Å². The molecule has 0 saturated carbocycles. The molecule has 8 heteroatoms. The van der Waals surface area contributed by atoms with Crippen LogP contribution >= 0.6 is 0 Å². The van der Waals surface area contributed by atoms with E-state index in [1.165, 1.54) is 7.05 Å². The van der Waals surface area contributed by atoms with Gasteiger partial charge in [0.1, 0.15) is 17.2 Å². The maximum absolute atomic E-state index is 12.4. The lowest BCUT2D eigenvalue weighted by molar-refractivity contribution is 0.0864. The monoisotopic (exact) mass is 375 g/mol. The van der Waals surface area contributed by atoms with Gasteiger partial charge >= 0.3 is 0 Å². The van der Waals surface area contributed by atoms with E-state index in [1.54, 1.807) is 6.07 Å². The van der Waals surface area contributed by atoms with E-state index in [1.807, 2.05) is 40.1 Å². The van der Waals surface area contributed by atoms with E-state index in [0.717, 1.165) is 28.8 Å². The van der Waals surface area contributed by atoms with Crippen LogP contribution in [0.25, 0.3) is 10.9 Å². The summed E-state index contributed by atoms with van der Waals surface area (Å²) in [6.07, 6.45) is 0.884. The maximum Gasteiger partial charge on any atom is 0.276 e. The van der Waals surface area contributed by atoms with Crippen LogP contribution in [0, 0.1) is 5.41 Å². The Hall–Kier alpha value is -2.74. The minimum absolute atomic E-state index is 0.0221. The molecule has 0 saturated heterocycles. The number of hydrogen-bond acceptors (Lipinski definition) is 5. The highest BCUT2D eigenvalue weighted by atomic mass is 16.5. The minimum Gasteiger partial charge on any atom is -0.493 e. The molecule has 1 amide bonds. The summed E-state index contributed by atoms with van der Waals surface area (Å²) in [7, 11) is 5.51. The van der Waals surface area contributed by atoms with E-state index in [4.69, 9.17) is 20.6 Å². The lowest BCUT2D eigenvalue weighted by Crippen LogP contribution is -2.38. The van der Waals surface area contributed by atoms with Crippen LogP contribution in [0.4, 0.5) is 0 Å². The van der Waals surface area contributed by atoms with Crippen LogP contribution in [0.5, 0.6) is 11.5 Å². The van der Waals surface area contributed by atoms with E-state index in [0.29, 0.717) is 23.8 Å². The predicted octanol–water partition coefficient (Wildman–Crippen LogP) is 2.25. The number of H-pyrrole nitrogens is 1. The van der Waals surface area contributed by atoms with Crippen molar-refractivity contribution in [2.24, 2.45) is 5.73 Å². The number of carbonyl (C=O) groups is 1. The Morgan fingerprint density at radius 1 is 1.26 bits per heavy atom. The number of amides is 1. The Labute approximate surface area is 159 Å². The van der Waals surface area contributed by atoms with Crippen LogP contribution < -0.4 is 15.2 Å². The van der Waals surface area contributed by atoms with Crippen molar-refractivity contribution in [1.29, 1.82) is 5.41 Å². The van der Waals surface area contributed by atoms with Gasteiger partial charge < -0.3 is 25.1 Å². The van der Waals surface area contributed by atoms with Crippen LogP contribution in [0.15, 0.2) is 18.2 Å². The summed E-state index contributed by atoms with van der Waals surface area (Å²) in [5.74, 6) is 0.619. The fraction of sp³-hybridized carbons (Fsp3) is 0.474. The SMILES string of the molecule is CC(C)Oc1cc(OCCCN(C)C)cc2[nH]c(C(=O)N(C)C(=N)N)cc12. The van der Waals surface area contributed by atoms with Crippen LogP contribution in [0.1, 0.15) is 30.8 Å². The number of fused-ring (bicyclic) bond motifs is 1. The zero-order valence-electron chi connectivity index (χ0n) is 16.6. The molecule has 0 radical (unpaired) electrons. The summed E-state index contributed by atoms with van der Waals surface area (Å²) in [6, 6.07) is 5.40. The minimum atomic E-state index is -0.386. The molecule has 1 heterocycles. The number of aromatic amines is 1. The standard InChI is InChI=1S/C19H29N5O3/c1-12(2)27-17-10-13(26-8-6-7-23(3)4)9-15-14(17)11-16(22-15)18(25)24(5)19(20)21/h9-12,22H,6-8H2,1-5H3,(H3,20,21). The summed E-state index contributed by atoms with van der Waals surface area (Å²) in [4.78, 5) is 18.7. The lowest BCUT2D eigenvalue weighted by Gasteiger charge is -2.14. The van der Waals surface area contributed by atoms with Gasteiger partial charge in [-0.25, -0.2) is 0 Å². The second-order valence-electron chi connectivity index (χ2n) is 6.99. The first-order valence-corrected chi connectivity index (χ1v) is 8.92. The number of nitrogens with zero attached hydrogens (tertiary/aromatic N) is 2. The molecular formula is C19H29N5O3. The van der Waals surface area contributed by atoms with Gasteiger partial charge in [0, 0.05) is 31.1 Å². The van der Waals surface area contributed by atoms with Gasteiger partial charge in [0.05, 0.1) is 18.2 Å². The van der Waals surface area contributed by atoms with E-state index in [9.17, 15) is 4.79 Å². The Morgan fingerprint density at radius 3 is 2.56 bits per heavy atom. The molecule has 4 N–H and O–H groups in total. The lowest BCUT2D eigenvalue weighted by atomic mass is 10.2. The van der Waals surface area contributed by atoms with Crippen molar-refractivity contribution in [3.05, 3.63) is 23.9 Å². The van der Waals surface area contributed by atoms with Crippen LogP contribution in [0.2, 0.25) is 0 Å². The number of rotatable bonds is 8. The van der Waals surface area contributed by atoms with Crippen molar-refractivity contribution in [3.63, 3.8) is 0 Å². The van der Waals surface area contributed by atoms with Crippen molar-refractivity contribution >= 4 is 22.8 Å². The molecule has 0 aliphatic rings. The summed E-state index contributed by atoms with van der Waals surface area (Å²) >= 11 is 0. The normalized spacial score (nSPS) is 11.2. The molecule has 1 aromatic carbocycles. The predicted molar refractivity (Wildman–Crippen MR) is 107 cm³/mol. The van der Waals surface area contributed by atoms with E-state index >= 15 is 0 Å². The zero-order valence-corrected chi connectivity index (χ0v) is 16.6. The van der Waals surface area contributed by atoms with Gasteiger partial charge in [0.25, 0.3) is 5.91 Å². The Bertz CT molecular complexity index is 813. The highest BCUT2D eigenvalue weighted by Gasteiger charge is 2.19. The third kappa shape index (κ3) is 5.37. The molecule has 0 spiro atoms. The first kappa shape index (κ1) is 20.6. The van der Waals surface area contributed by atoms with Gasteiger partial charge in [-0.15, -0.1) is 0 Å². The summed E-state index contributed by atoms with van der Waals surface area (Å²) in [6.45, 7) is 5.41. The summed E-state index contributed by atoms with van der Waals surface area (Å²) in [5, 5.41) is 8.21. The second kappa shape index (κ2) is 8.77. The molecule has 0 aliphatic heterocycles. The molecule has 1 aromatic heterocycles. The molecule has 148 valence electrons. The molecule has 0 bridgehead atoms. The largest absolute Gasteiger partial charge is 0.493 e. The van der Waals surface area contributed by atoms with Gasteiger partial charge in [-0.1, -0.05) is 0 Å². The fourth-order valence-corrected chi connectivity index (χ4v) is 2.59. The van der Waals surface area contributed by atoms with E-state index < -0.39 is 0 Å². The molecule has 2 aromatic rings. The van der Waals surface area contributed by atoms with E-state index in [2.05, 4.69) is 9.88 Å². The molecule has 0 unspecified atom stereocenters. The topological polar surface area (TPSA) is 108 Å². The van der Waals surface area contributed by atoms with Gasteiger partial charge in [-0.05, 0) is 40.4 Å². The molecule has 0 atom stereocenters. The Morgan fingerprint density at radius 2 is 1.96 bits per heavy atom. The molecule has 2 rings (SSSR count). The third-order valence-electron chi connectivity index (χ3n) is 3.95. The Kier molecular flexibility index (Phi) is 6.68. The average molecular weight is 375 g/mol. The van der Waals surface area contributed by atoms with Gasteiger partial charge in [0.2, 0.25) is 0 Å². The molecule has 27 heavy (non-hydrogen) atoms. The number of guanidine groups is 1. The van der Waals surface area contributed by atoms with Crippen molar-refractivity contribution in [3.8, 4) is 11.5 Å². The fourth-order valence-electron chi connectivity index (χ4n) is 2.59. The number of hydrogen-bond donors (Lipinski definition) is 3. The number of ether oxygens (including phenoxy) is 2. The number of benzene rings is 1. The molecule has 0 fully saturated rings. The highest BCUT2D eigenvalue weighted by molar-refractivity contribution is 6.06.